The summed E-state index contributed by atoms with van der Waals surface area (Å²) in [5, 5.41) is 0.987. The SMILES string of the molecule is COc1c(N2CCC(N)CC2)sc(C(=O)C2CC2)c1N. The lowest BCUT2D eigenvalue weighted by atomic mass is 10.1. The monoisotopic (exact) mass is 295 g/mol. The molecule has 1 aromatic rings. The van der Waals surface area contributed by atoms with Gasteiger partial charge < -0.3 is 21.1 Å². The normalized spacial score (nSPS) is 20.2. The number of rotatable bonds is 4. The standard InChI is InChI=1S/C14H21N3O2S/c1-19-12-10(16)13(11(18)8-2-3-8)20-14(12)17-6-4-9(15)5-7-17/h8-9H,2-7,15-16H2,1H3. The Morgan fingerprint density at radius 1 is 1.30 bits per heavy atom. The summed E-state index contributed by atoms with van der Waals surface area (Å²) in [5.74, 6) is 1.03. The van der Waals surface area contributed by atoms with Crippen LogP contribution < -0.4 is 21.1 Å². The molecule has 2 aliphatic rings. The van der Waals surface area contributed by atoms with E-state index in [9.17, 15) is 4.79 Å². The number of piperidine rings is 1. The first-order chi connectivity index (χ1) is 9.61. The van der Waals surface area contributed by atoms with Gasteiger partial charge in [0, 0.05) is 25.0 Å². The molecule has 0 atom stereocenters. The van der Waals surface area contributed by atoms with Gasteiger partial charge in [-0.25, -0.2) is 0 Å². The Labute approximate surface area is 122 Å². The van der Waals surface area contributed by atoms with Crippen molar-refractivity contribution >= 4 is 27.8 Å². The predicted molar refractivity (Wildman–Crippen MR) is 81.8 cm³/mol. The largest absolute Gasteiger partial charge is 0.492 e. The molecule has 0 unspecified atom stereocenters. The van der Waals surface area contributed by atoms with E-state index in [0.29, 0.717) is 16.3 Å². The number of ether oxygens (including phenoxy) is 1. The van der Waals surface area contributed by atoms with Gasteiger partial charge in [-0.05, 0) is 25.7 Å². The average molecular weight is 295 g/mol. The maximum Gasteiger partial charge on any atom is 0.178 e. The summed E-state index contributed by atoms with van der Waals surface area (Å²) in [6.07, 6.45) is 3.92. The first kappa shape index (κ1) is 13.7. The molecule has 2 fully saturated rings. The number of nitrogen functional groups attached to an aromatic ring is 1. The Kier molecular flexibility index (Phi) is 3.60. The first-order valence-corrected chi connectivity index (χ1v) is 7.94. The summed E-state index contributed by atoms with van der Waals surface area (Å²) in [5.41, 5.74) is 12.6. The van der Waals surface area contributed by atoms with Crippen LogP contribution in [0.4, 0.5) is 10.7 Å². The summed E-state index contributed by atoms with van der Waals surface area (Å²) in [4.78, 5) is 15.2. The third-order valence-corrected chi connectivity index (χ3v) is 5.35. The lowest BCUT2D eigenvalue weighted by Gasteiger charge is -2.31. The molecule has 1 saturated heterocycles. The van der Waals surface area contributed by atoms with Gasteiger partial charge in [0.2, 0.25) is 0 Å². The molecule has 0 bridgehead atoms. The molecule has 20 heavy (non-hydrogen) atoms. The third-order valence-electron chi connectivity index (χ3n) is 4.09. The number of carbonyl (C=O) groups excluding carboxylic acids is 1. The van der Waals surface area contributed by atoms with Crippen LogP contribution in [0.2, 0.25) is 0 Å². The number of nitrogens with zero attached hydrogens (tertiary/aromatic N) is 1. The van der Waals surface area contributed by atoms with E-state index in [2.05, 4.69) is 4.90 Å². The van der Waals surface area contributed by atoms with Crippen molar-refractivity contribution in [1.29, 1.82) is 0 Å². The molecule has 0 spiro atoms. The minimum Gasteiger partial charge on any atom is -0.492 e. The van der Waals surface area contributed by atoms with Gasteiger partial charge in [-0.15, -0.1) is 11.3 Å². The summed E-state index contributed by atoms with van der Waals surface area (Å²) < 4.78 is 5.45. The van der Waals surface area contributed by atoms with Gasteiger partial charge in [0.25, 0.3) is 0 Å². The number of thiophene rings is 1. The van der Waals surface area contributed by atoms with Crippen molar-refractivity contribution in [3.8, 4) is 5.75 Å². The smallest absolute Gasteiger partial charge is 0.178 e. The van der Waals surface area contributed by atoms with E-state index in [1.54, 1.807) is 7.11 Å². The van der Waals surface area contributed by atoms with Crippen LogP contribution in [0.25, 0.3) is 0 Å². The summed E-state index contributed by atoms with van der Waals surface area (Å²) in [6.45, 7) is 1.79. The average Bonchev–Trinajstić information content (AvgIpc) is 3.23. The van der Waals surface area contributed by atoms with E-state index >= 15 is 0 Å². The minimum absolute atomic E-state index is 0.184. The zero-order valence-corrected chi connectivity index (χ0v) is 12.5. The Bertz CT molecular complexity index is 517. The first-order valence-electron chi connectivity index (χ1n) is 7.12. The summed E-state index contributed by atoms with van der Waals surface area (Å²) in [7, 11) is 1.61. The van der Waals surface area contributed by atoms with Crippen molar-refractivity contribution in [2.24, 2.45) is 11.7 Å². The Balaban J connectivity index is 1.89. The Morgan fingerprint density at radius 3 is 2.50 bits per heavy atom. The topological polar surface area (TPSA) is 81.6 Å². The van der Waals surface area contributed by atoms with Gasteiger partial charge in [0.1, 0.15) is 5.00 Å². The van der Waals surface area contributed by atoms with Gasteiger partial charge in [-0.3, -0.25) is 4.79 Å². The van der Waals surface area contributed by atoms with E-state index in [-0.39, 0.29) is 17.7 Å². The zero-order valence-electron chi connectivity index (χ0n) is 11.7. The van der Waals surface area contributed by atoms with E-state index in [4.69, 9.17) is 16.2 Å². The van der Waals surface area contributed by atoms with Crippen LogP contribution in [-0.2, 0) is 0 Å². The summed E-state index contributed by atoms with van der Waals surface area (Å²) >= 11 is 1.48. The van der Waals surface area contributed by atoms with Crippen molar-refractivity contribution in [1.82, 2.24) is 0 Å². The summed E-state index contributed by atoms with van der Waals surface area (Å²) in [6, 6.07) is 0.280. The predicted octanol–water partition coefficient (Wildman–Crippen LogP) is 1.86. The van der Waals surface area contributed by atoms with Crippen LogP contribution in [0.1, 0.15) is 35.4 Å². The third kappa shape index (κ3) is 2.38. The molecule has 1 aromatic heterocycles. The van der Waals surface area contributed by atoms with Crippen molar-refractivity contribution in [2.75, 3.05) is 30.8 Å². The van der Waals surface area contributed by atoms with Crippen molar-refractivity contribution in [3.05, 3.63) is 4.88 Å². The van der Waals surface area contributed by atoms with Gasteiger partial charge in [0.05, 0.1) is 17.7 Å². The van der Waals surface area contributed by atoms with E-state index < -0.39 is 0 Å². The highest BCUT2D eigenvalue weighted by Gasteiger charge is 2.35. The Hall–Kier alpha value is -1.27. The second-order valence-electron chi connectivity index (χ2n) is 5.65. The number of hydrogen-bond donors (Lipinski definition) is 2. The molecule has 5 nitrogen and oxygen atoms in total. The zero-order chi connectivity index (χ0) is 14.3. The van der Waals surface area contributed by atoms with Crippen LogP contribution in [0.15, 0.2) is 0 Å². The molecule has 0 aromatic carbocycles. The molecule has 6 heteroatoms. The van der Waals surface area contributed by atoms with Crippen LogP contribution >= 0.6 is 11.3 Å². The maximum atomic E-state index is 12.3. The van der Waals surface area contributed by atoms with Crippen LogP contribution in [0.5, 0.6) is 5.75 Å². The molecule has 0 amide bonds. The second kappa shape index (κ2) is 5.26. The van der Waals surface area contributed by atoms with E-state index in [0.717, 1.165) is 43.8 Å². The number of Topliss-reactive ketones (excluding diaryl/α,β-unsaturated/α-hetero) is 1. The van der Waals surface area contributed by atoms with Crippen LogP contribution in [0.3, 0.4) is 0 Å². The fourth-order valence-corrected chi connectivity index (χ4v) is 3.90. The molecule has 3 rings (SSSR count). The minimum atomic E-state index is 0.184. The number of hydrogen-bond acceptors (Lipinski definition) is 6. The van der Waals surface area contributed by atoms with E-state index in [1.165, 1.54) is 11.3 Å². The molecular weight excluding hydrogens is 274 g/mol. The molecule has 4 N–H and O–H groups in total. The van der Waals surface area contributed by atoms with Crippen molar-refractivity contribution in [2.45, 2.75) is 31.7 Å². The highest BCUT2D eigenvalue weighted by Crippen LogP contribution is 2.48. The van der Waals surface area contributed by atoms with Gasteiger partial charge in [-0.1, -0.05) is 0 Å². The van der Waals surface area contributed by atoms with E-state index in [1.807, 2.05) is 0 Å². The number of carbonyl (C=O) groups is 1. The fourth-order valence-electron chi connectivity index (χ4n) is 2.64. The number of anilines is 2. The number of ketones is 1. The molecule has 2 heterocycles. The lowest BCUT2D eigenvalue weighted by Crippen LogP contribution is -2.39. The fraction of sp³-hybridized carbons (Fsp3) is 0.643. The quantitative estimate of drug-likeness (QED) is 0.829. The number of nitrogens with two attached hydrogens (primary N) is 2. The van der Waals surface area contributed by atoms with Gasteiger partial charge in [-0.2, -0.15) is 0 Å². The van der Waals surface area contributed by atoms with Crippen LogP contribution in [-0.4, -0.2) is 32.0 Å². The second-order valence-corrected chi connectivity index (χ2v) is 6.65. The molecule has 1 saturated carbocycles. The van der Waals surface area contributed by atoms with Gasteiger partial charge in [0.15, 0.2) is 11.5 Å². The molecule has 1 aliphatic carbocycles. The highest BCUT2D eigenvalue weighted by atomic mass is 32.1. The van der Waals surface area contributed by atoms with Crippen molar-refractivity contribution < 1.29 is 9.53 Å². The molecule has 1 aliphatic heterocycles. The molecular formula is C14H21N3O2S. The van der Waals surface area contributed by atoms with Crippen molar-refractivity contribution in [3.63, 3.8) is 0 Å². The maximum absolute atomic E-state index is 12.3. The molecule has 110 valence electrons. The molecule has 0 radical (unpaired) electrons. The van der Waals surface area contributed by atoms with Gasteiger partial charge >= 0.3 is 0 Å². The number of methoxy groups -OCH3 is 1. The highest BCUT2D eigenvalue weighted by molar-refractivity contribution is 7.19. The lowest BCUT2D eigenvalue weighted by molar-refractivity contribution is 0.0972. The Morgan fingerprint density at radius 2 is 1.95 bits per heavy atom. The van der Waals surface area contributed by atoms with Crippen LogP contribution in [0, 0.1) is 5.92 Å².